The van der Waals surface area contributed by atoms with Crippen LogP contribution in [0, 0.1) is 11.3 Å². The van der Waals surface area contributed by atoms with Gasteiger partial charge < -0.3 is 9.64 Å². The smallest absolute Gasteiger partial charge is 0.378 e. The molecule has 1 saturated heterocycles. The molecule has 1 atom stereocenters. The number of alkyl halides is 3. The molecule has 0 unspecified atom stereocenters. The van der Waals surface area contributed by atoms with Gasteiger partial charge in [-0.3, -0.25) is 9.78 Å². The largest absolute Gasteiger partial charge is 0.417 e. The van der Waals surface area contributed by atoms with Crippen LogP contribution in [0.4, 0.5) is 13.2 Å². The molecule has 0 N–H and O–H groups in total. The predicted octanol–water partition coefficient (Wildman–Crippen LogP) is 1.57. The van der Waals surface area contributed by atoms with Crippen molar-refractivity contribution in [2.45, 2.75) is 12.1 Å². The molecule has 1 amide bonds. The standard InChI is InChI=1S/C13H12F3N3O2/c14-13(15,16)9-1-2-11(18-8-9)10(7-17)12(20)19-3-5-21-6-4-19/h1-2,8,10H,3-6H2/t10-/m1/s1. The molecule has 21 heavy (non-hydrogen) atoms. The number of pyridine rings is 1. The van der Waals surface area contributed by atoms with E-state index >= 15 is 0 Å². The number of nitriles is 1. The fourth-order valence-electron chi connectivity index (χ4n) is 1.96. The van der Waals surface area contributed by atoms with Crippen LogP contribution >= 0.6 is 0 Å². The highest BCUT2D eigenvalue weighted by Crippen LogP contribution is 2.29. The molecule has 0 bridgehead atoms. The zero-order valence-corrected chi connectivity index (χ0v) is 10.9. The molecule has 0 radical (unpaired) electrons. The van der Waals surface area contributed by atoms with Crippen LogP contribution in [0.25, 0.3) is 0 Å². The summed E-state index contributed by atoms with van der Waals surface area (Å²) >= 11 is 0. The summed E-state index contributed by atoms with van der Waals surface area (Å²) in [7, 11) is 0. The van der Waals surface area contributed by atoms with Crippen molar-refractivity contribution in [3.05, 3.63) is 29.6 Å². The maximum atomic E-state index is 12.5. The summed E-state index contributed by atoms with van der Waals surface area (Å²) in [4.78, 5) is 17.3. The second-order valence-corrected chi connectivity index (χ2v) is 4.47. The lowest BCUT2D eigenvalue weighted by Gasteiger charge is -2.28. The molecule has 1 aromatic rings. The number of amides is 1. The van der Waals surface area contributed by atoms with E-state index in [1.54, 1.807) is 6.07 Å². The van der Waals surface area contributed by atoms with E-state index in [0.29, 0.717) is 32.5 Å². The van der Waals surface area contributed by atoms with Crippen LogP contribution in [0.1, 0.15) is 17.2 Å². The molecule has 5 nitrogen and oxygen atoms in total. The molecule has 2 rings (SSSR count). The molecule has 0 saturated carbocycles. The molecule has 0 aromatic carbocycles. The van der Waals surface area contributed by atoms with Crippen molar-refractivity contribution in [2.75, 3.05) is 26.3 Å². The molecular weight excluding hydrogens is 287 g/mol. The fraction of sp³-hybridized carbons (Fsp3) is 0.462. The van der Waals surface area contributed by atoms with E-state index in [-0.39, 0.29) is 5.69 Å². The Morgan fingerprint density at radius 3 is 2.52 bits per heavy atom. The van der Waals surface area contributed by atoms with Gasteiger partial charge in [-0.1, -0.05) is 0 Å². The zero-order chi connectivity index (χ0) is 15.5. The Morgan fingerprint density at radius 2 is 2.05 bits per heavy atom. The Bertz CT molecular complexity index is 545. The average molecular weight is 299 g/mol. The molecule has 112 valence electrons. The highest BCUT2D eigenvalue weighted by molar-refractivity contribution is 5.86. The third kappa shape index (κ3) is 3.49. The molecule has 1 aliphatic rings. The first kappa shape index (κ1) is 15.3. The topological polar surface area (TPSA) is 66.2 Å². The minimum absolute atomic E-state index is 0.0157. The Hall–Kier alpha value is -2.14. The van der Waals surface area contributed by atoms with Crippen molar-refractivity contribution < 1.29 is 22.7 Å². The van der Waals surface area contributed by atoms with Crippen LogP contribution in [0.5, 0.6) is 0 Å². The van der Waals surface area contributed by atoms with Crippen molar-refractivity contribution in [1.29, 1.82) is 5.26 Å². The highest BCUT2D eigenvalue weighted by Gasteiger charge is 2.32. The van der Waals surface area contributed by atoms with Gasteiger partial charge in [-0.15, -0.1) is 0 Å². The summed E-state index contributed by atoms with van der Waals surface area (Å²) in [6.07, 6.45) is -3.87. The van der Waals surface area contributed by atoms with Gasteiger partial charge in [0.25, 0.3) is 0 Å². The molecule has 1 aliphatic heterocycles. The van der Waals surface area contributed by atoms with Gasteiger partial charge in [0.05, 0.1) is 30.5 Å². The van der Waals surface area contributed by atoms with Crippen LogP contribution in [-0.2, 0) is 15.7 Å². The second kappa shape index (κ2) is 6.10. The zero-order valence-electron chi connectivity index (χ0n) is 10.9. The first-order valence-corrected chi connectivity index (χ1v) is 6.23. The molecule has 2 heterocycles. The lowest BCUT2D eigenvalue weighted by atomic mass is 10.0. The maximum absolute atomic E-state index is 12.5. The predicted molar refractivity (Wildman–Crippen MR) is 65.0 cm³/mol. The van der Waals surface area contributed by atoms with Gasteiger partial charge in [0.2, 0.25) is 5.91 Å². The SMILES string of the molecule is N#C[C@@H](C(=O)N1CCOCC1)c1ccc(C(F)(F)F)cn1. The van der Waals surface area contributed by atoms with Gasteiger partial charge in [-0.2, -0.15) is 18.4 Å². The Labute approximate surface area is 118 Å². The van der Waals surface area contributed by atoms with E-state index in [1.807, 2.05) is 0 Å². The van der Waals surface area contributed by atoms with Gasteiger partial charge in [-0.05, 0) is 12.1 Å². The first-order valence-electron chi connectivity index (χ1n) is 6.23. The van der Waals surface area contributed by atoms with Crippen molar-refractivity contribution in [1.82, 2.24) is 9.88 Å². The minimum atomic E-state index is -4.50. The van der Waals surface area contributed by atoms with Gasteiger partial charge >= 0.3 is 6.18 Å². The van der Waals surface area contributed by atoms with Gasteiger partial charge in [0.1, 0.15) is 0 Å². The number of rotatable bonds is 2. The van der Waals surface area contributed by atoms with Crippen LogP contribution in [-0.4, -0.2) is 42.1 Å². The molecule has 8 heteroatoms. The Morgan fingerprint density at radius 1 is 1.38 bits per heavy atom. The van der Waals surface area contributed by atoms with Crippen molar-refractivity contribution in [2.24, 2.45) is 0 Å². The van der Waals surface area contributed by atoms with Gasteiger partial charge in [0.15, 0.2) is 5.92 Å². The third-order valence-electron chi connectivity index (χ3n) is 3.11. The van der Waals surface area contributed by atoms with Crippen molar-refractivity contribution in [3.8, 4) is 6.07 Å². The molecule has 1 fully saturated rings. The summed E-state index contributed by atoms with van der Waals surface area (Å²) in [5.74, 6) is -1.67. The lowest BCUT2D eigenvalue weighted by molar-refractivity contribution is -0.137. The van der Waals surface area contributed by atoms with Gasteiger partial charge in [-0.25, -0.2) is 0 Å². The monoisotopic (exact) mass is 299 g/mol. The van der Waals surface area contributed by atoms with E-state index in [9.17, 15) is 18.0 Å². The van der Waals surface area contributed by atoms with Crippen LogP contribution in [0.2, 0.25) is 0 Å². The lowest BCUT2D eigenvalue weighted by Crippen LogP contribution is -2.43. The number of hydrogen-bond donors (Lipinski definition) is 0. The minimum Gasteiger partial charge on any atom is -0.378 e. The number of halogens is 3. The Kier molecular flexibility index (Phi) is 4.43. The molecular formula is C13H12F3N3O2. The summed E-state index contributed by atoms with van der Waals surface area (Å²) in [5, 5.41) is 9.12. The number of carbonyl (C=O) groups excluding carboxylic acids is 1. The molecule has 0 spiro atoms. The van der Waals surface area contributed by atoms with E-state index in [0.717, 1.165) is 12.1 Å². The second-order valence-electron chi connectivity index (χ2n) is 4.47. The van der Waals surface area contributed by atoms with Gasteiger partial charge in [0, 0.05) is 19.3 Å². The number of morpholine rings is 1. The molecule has 1 aromatic heterocycles. The summed E-state index contributed by atoms with van der Waals surface area (Å²) in [6, 6.07) is 3.68. The van der Waals surface area contributed by atoms with E-state index < -0.39 is 23.6 Å². The maximum Gasteiger partial charge on any atom is 0.417 e. The number of ether oxygens (including phenoxy) is 1. The Balaban J connectivity index is 2.17. The summed E-state index contributed by atoms with van der Waals surface area (Å²) in [5.41, 5.74) is -0.899. The number of nitrogens with zero attached hydrogens (tertiary/aromatic N) is 3. The number of carbonyl (C=O) groups is 1. The number of aromatic nitrogens is 1. The third-order valence-corrected chi connectivity index (χ3v) is 3.11. The molecule has 0 aliphatic carbocycles. The normalized spacial score (nSPS) is 17.1. The summed E-state index contributed by atoms with van der Waals surface area (Å²) < 4.78 is 42.5. The average Bonchev–Trinajstić information content (AvgIpc) is 2.48. The van der Waals surface area contributed by atoms with Crippen molar-refractivity contribution >= 4 is 5.91 Å². The van der Waals surface area contributed by atoms with Crippen LogP contribution in [0.15, 0.2) is 18.3 Å². The fourth-order valence-corrected chi connectivity index (χ4v) is 1.96. The van der Waals surface area contributed by atoms with E-state index in [1.165, 1.54) is 4.90 Å². The van der Waals surface area contributed by atoms with Crippen molar-refractivity contribution in [3.63, 3.8) is 0 Å². The quantitative estimate of drug-likeness (QED) is 0.831. The first-order chi connectivity index (χ1) is 9.93. The van der Waals surface area contributed by atoms with E-state index in [4.69, 9.17) is 10.00 Å². The highest BCUT2D eigenvalue weighted by atomic mass is 19.4. The summed E-state index contributed by atoms with van der Waals surface area (Å²) in [6.45, 7) is 1.48. The van der Waals surface area contributed by atoms with E-state index in [2.05, 4.69) is 4.98 Å². The van der Waals surface area contributed by atoms with Crippen LogP contribution < -0.4 is 0 Å². The number of hydrogen-bond acceptors (Lipinski definition) is 4. The van der Waals surface area contributed by atoms with Crippen LogP contribution in [0.3, 0.4) is 0 Å².